The highest BCUT2D eigenvalue weighted by Gasteiger charge is 2.52. The second-order valence-electron chi connectivity index (χ2n) is 9.42. The van der Waals surface area contributed by atoms with Gasteiger partial charge in [0.05, 0.1) is 25.3 Å². The minimum Gasteiger partial charge on any atom is -0.359 e. The van der Waals surface area contributed by atoms with Crippen molar-refractivity contribution in [2.24, 2.45) is 11.8 Å². The smallest absolute Gasteiger partial charge is 0.329 e. The number of urea groups is 1. The number of hydrogen-bond donors (Lipinski definition) is 4. The van der Waals surface area contributed by atoms with E-state index in [0.717, 1.165) is 30.5 Å². The average molecular weight is 516 g/mol. The van der Waals surface area contributed by atoms with Gasteiger partial charge < -0.3 is 20.6 Å². The summed E-state index contributed by atoms with van der Waals surface area (Å²) >= 11 is 3.43. The molecule has 2 aromatic carbocycles. The molecule has 2 aliphatic rings. The Balaban J connectivity index is 1.57. The number of fused-ring (bicyclic) bond motifs is 1. The first-order valence-corrected chi connectivity index (χ1v) is 12.4. The highest BCUT2D eigenvalue weighted by atomic mass is 79.9. The number of piperidine rings is 1. The Morgan fingerprint density at radius 1 is 1.27 bits per heavy atom. The second-order valence-corrected chi connectivity index (χ2v) is 10.3. The van der Waals surface area contributed by atoms with E-state index in [2.05, 4.69) is 40.4 Å². The van der Waals surface area contributed by atoms with Crippen LogP contribution in [0.15, 0.2) is 53.0 Å². The lowest BCUT2D eigenvalue weighted by Gasteiger charge is -2.43. The first kappa shape index (κ1) is 23.7. The summed E-state index contributed by atoms with van der Waals surface area (Å²) in [4.78, 5) is 29.3. The van der Waals surface area contributed by atoms with Crippen molar-refractivity contribution in [2.75, 3.05) is 36.4 Å². The van der Waals surface area contributed by atoms with Crippen LogP contribution in [0.3, 0.4) is 0 Å². The van der Waals surface area contributed by atoms with Crippen molar-refractivity contribution in [1.29, 1.82) is 0 Å². The molecule has 3 amide bonds. The lowest BCUT2D eigenvalue weighted by molar-refractivity contribution is -0.909. The number of nitrogens with one attached hydrogen (secondary N) is 3. The lowest BCUT2D eigenvalue weighted by atomic mass is 9.94. The summed E-state index contributed by atoms with van der Waals surface area (Å²) in [5, 5.41) is 17.6. The molecule has 2 unspecified atom stereocenters. The molecule has 1 fully saturated rings. The molecule has 1 saturated heterocycles. The number of para-hydroxylation sites is 1. The van der Waals surface area contributed by atoms with Gasteiger partial charge in [-0.15, -0.1) is 0 Å². The number of quaternary nitrogens is 1. The van der Waals surface area contributed by atoms with E-state index in [-0.39, 0.29) is 5.92 Å². The van der Waals surface area contributed by atoms with Gasteiger partial charge in [-0.1, -0.05) is 48.0 Å². The summed E-state index contributed by atoms with van der Waals surface area (Å²) in [6.45, 7) is 8.13. The third-order valence-electron chi connectivity index (χ3n) is 6.69. The summed E-state index contributed by atoms with van der Waals surface area (Å²) in [7, 11) is 0. The number of carbonyl (C=O) groups excluding carboxylic acids is 2. The zero-order valence-electron chi connectivity index (χ0n) is 19.1. The van der Waals surface area contributed by atoms with Crippen molar-refractivity contribution in [2.45, 2.75) is 32.4 Å². The van der Waals surface area contributed by atoms with Gasteiger partial charge >= 0.3 is 6.03 Å². The summed E-state index contributed by atoms with van der Waals surface area (Å²) < 4.78 is 0.702. The summed E-state index contributed by atoms with van der Waals surface area (Å²) in [6, 6.07) is 13.3. The number of benzene rings is 2. The van der Waals surface area contributed by atoms with Crippen LogP contribution in [0.5, 0.6) is 0 Å². The molecule has 2 aromatic rings. The van der Waals surface area contributed by atoms with E-state index < -0.39 is 17.7 Å². The fourth-order valence-electron chi connectivity index (χ4n) is 4.79. The first-order valence-electron chi connectivity index (χ1n) is 11.6. The van der Waals surface area contributed by atoms with Gasteiger partial charge in [0.15, 0.2) is 0 Å². The maximum atomic E-state index is 13.6. The molecule has 0 spiro atoms. The van der Waals surface area contributed by atoms with Gasteiger partial charge in [0, 0.05) is 28.2 Å². The molecule has 4 rings (SSSR count). The fourth-order valence-corrected chi connectivity index (χ4v) is 5.15. The fraction of sp³-hybridized carbons (Fsp3) is 0.440. The number of amides is 3. The van der Waals surface area contributed by atoms with Crippen LogP contribution in [0.2, 0.25) is 0 Å². The molecule has 8 heteroatoms. The summed E-state index contributed by atoms with van der Waals surface area (Å²) in [6.07, 6.45) is 2.47. The highest BCUT2D eigenvalue weighted by molar-refractivity contribution is 9.10. The van der Waals surface area contributed by atoms with Crippen molar-refractivity contribution in [1.82, 2.24) is 5.32 Å². The third-order valence-corrected chi connectivity index (χ3v) is 7.18. The zero-order valence-corrected chi connectivity index (χ0v) is 20.7. The van der Waals surface area contributed by atoms with Crippen molar-refractivity contribution in [3.63, 3.8) is 0 Å². The van der Waals surface area contributed by atoms with Gasteiger partial charge in [-0.05, 0) is 49.1 Å². The minimum atomic E-state index is -2.18. The first-order chi connectivity index (χ1) is 15.8. The van der Waals surface area contributed by atoms with Gasteiger partial charge in [0.1, 0.15) is 0 Å². The van der Waals surface area contributed by atoms with E-state index in [9.17, 15) is 14.7 Å². The molecule has 0 radical (unpaired) electrons. The number of likely N-dealkylation sites (tertiary alicyclic amines) is 1. The number of rotatable bonds is 6. The van der Waals surface area contributed by atoms with Crippen molar-refractivity contribution >= 4 is 39.2 Å². The maximum Gasteiger partial charge on any atom is 0.329 e. The predicted octanol–water partition coefficient (Wildman–Crippen LogP) is 2.71. The Bertz CT molecular complexity index is 1010. The van der Waals surface area contributed by atoms with Gasteiger partial charge in [0.2, 0.25) is 0 Å². The van der Waals surface area contributed by atoms with E-state index in [0.29, 0.717) is 28.0 Å². The summed E-state index contributed by atoms with van der Waals surface area (Å²) in [5.74, 6) is 0.416. The van der Waals surface area contributed by atoms with Crippen LogP contribution in [-0.2, 0) is 10.5 Å². The van der Waals surface area contributed by atoms with E-state index in [1.165, 1.54) is 12.8 Å². The van der Waals surface area contributed by atoms with Crippen LogP contribution in [-0.4, -0.2) is 43.2 Å². The van der Waals surface area contributed by atoms with Crippen LogP contribution in [0, 0.1) is 11.8 Å². The van der Waals surface area contributed by atoms with Crippen LogP contribution >= 0.6 is 15.9 Å². The summed E-state index contributed by atoms with van der Waals surface area (Å²) in [5.41, 5.74) is -1.03. The standard InChI is InChI=1S/C25H31BrN4O3/c1-17-10-12-29(13-11-17)16-18(2)15-27-23(31)25(33)21-14-19(26)8-9-22(21)28-24(32)30(25)20-6-4-3-5-7-20/h3-9,14,17-18,33H,10-13,15-16H2,1-2H3,(H,27,31)(H,28,32)/p+1. The molecule has 2 atom stereocenters. The number of anilines is 2. The van der Waals surface area contributed by atoms with Gasteiger partial charge in [-0.25, -0.2) is 4.79 Å². The molecule has 176 valence electrons. The number of halogens is 1. The Kier molecular flexibility index (Phi) is 7.07. The zero-order chi connectivity index (χ0) is 23.6. The van der Waals surface area contributed by atoms with Gasteiger partial charge in [-0.3, -0.25) is 9.69 Å². The Morgan fingerprint density at radius 2 is 1.97 bits per heavy atom. The van der Waals surface area contributed by atoms with E-state index in [1.807, 2.05) is 6.07 Å². The Hall–Kier alpha value is -2.42. The second kappa shape index (κ2) is 9.83. The van der Waals surface area contributed by atoms with E-state index in [1.54, 1.807) is 47.4 Å². The Morgan fingerprint density at radius 3 is 2.67 bits per heavy atom. The molecule has 4 N–H and O–H groups in total. The average Bonchev–Trinajstić information content (AvgIpc) is 2.80. The predicted molar refractivity (Wildman–Crippen MR) is 132 cm³/mol. The normalized spacial score (nSPS) is 25.7. The number of carbonyl (C=O) groups is 2. The quantitative estimate of drug-likeness (QED) is 0.477. The topological polar surface area (TPSA) is 86.1 Å². The molecule has 7 nitrogen and oxygen atoms in total. The molecule has 0 aliphatic carbocycles. The minimum absolute atomic E-state index is 0.241. The number of aliphatic hydroxyl groups is 1. The van der Waals surface area contributed by atoms with Crippen LogP contribution in [0.4, 0.5) is 16.2 Å². The highest BCUT2D eigenvalue weighted by Crippen LogP contribution is 2.40. The molecule has 0 saturated carbocycles. The maximum absolute atomic E-state index is 13.6. The number of hydrogen-bond acceptors (Lipinski definition) is 3. The van der Waals surface area contributed by atoms with Crippen molar-refractivity contribution in [3.8, 4) is 0 Å². The molecule has 0 bridgehead atoms. The van der Waals surface area contributed by atoms with Crippen molar-refractivity contribution < 1.29 is 19.6 Å². The largest absolute Gasteiger partial charge is 0.359 e. The van der Waals surface area contributed by atoms with Gasteiger partial charge in [0.25, 0.3) is 11.6 Å². The van der Waals surface area contributed by atoms with Crippen LogP contribution < -0.4 is 20.4 Å². The molecule has 2 aliphatic heterocycles. The van der Waals surface area contributed by atoms with E-state index in [4.69, 9.17) is 0 Å². The molecular weight excluding hydrogens is 484 g/mol. The molecule has 2 heterocycles. The monoisotopic (exact) mass is 515 g/mol. The lowest BCUT2D eigenvalue weighted by Crippen LogP contribution is -3.13. The molecular formula is C25H32BrN4O3+. The molecule has 33 heavy (non-hydrogen) atoms. The SMILES string of the molecule is CC1CC[NH+](CC(C)CNC(=O)C2(O)c3cc(Br)ccc3NC(=O)N2c2ccccc2)CC1. The van der Waals surface area contributed by atoms with Gasteiger partial charge in [-0.2, -0.15) is 0 Å². The van der Waals surface area contributed by atoms with Crippen molar-refractivity contribution in [3.05, 3.63) is 58.6 Å². The molecule has 0 aromatic heterocycles. The Labute approximate surface area is 203 Å². The van der Waals surface area contributed by atoms with E-state index >= 15 is 0 Å². The van der Waals surface area contributed by atoms with Crippen LogP contribution in [0.1, 0.15) is 32.3 Å². The number of nitrogens with zero attached hydrogens (tertiary/aromatic N) is 1. The third kappa shape index (κ3) is 4.93. The van der Waals surface area contributed by atoms with Crippen LogP contribution in [0.25, 0.3) is 0 Å².